The molecule has 2 rings (SSSR count). The van der Waals surface area contributed by atoms with Gasteiger partial charge in [-0.1, -0.05) is 0 Å². The molecule has 1 saturated heterocycles. The maximum absolute atomic E-state index is 12.3. The summed E-state index contributed by atoms with van der Waals surface area (Å²) in [7, 11) is 1.63. The van der Waals surface area contributed by atoms with Crippen molar-refractivity contribution in [1.29, 1.82) is 0 Å². The molecule has 1 fully saturated rings. The molecule has 0 saturated carbocycles. The second-order valence-corrected chi connectivity index (χ2v) is 5.46. The van der Waals surface area contributed by atoms with Crippen LogP contribution in [0.4, 0.5) is 0 Å². The monoisotopic (exact) mass is 296 g/mol. The topological polar surface area (TPSA) is 63.9 Å². The molecule has 0 bridgehead atoms. The standard InChI is InChI=1S/C15H24N2O4/c1-11-8-17(9-12(2)21-11)15(18)7-16-13(10-19-3)14-5-4-6-20-14/h4-6,11-13,16H,7-10H2,1-3H3/t11-,12-,13-/m0/s1. The lowest BCUT2D eigenvalue weighted by Crippen LogP contribution is -2.50. The summed E-state index contributed by atoms with van der Waals surface area (Å²) >= 11 is 0. The lowest BCUT2D eigenvalue weighted by Gasteiger charge is -2.35. The third-order valence-corrected chi connectivity index (χ3v) is 3.49. The van der Waals surface area contributed by atoms with E-state index < -0.39 is 0 Å². The third-order valence-electron chi connectivity index (χ3n) is 3.49. The first-order chi connectivity index (χ1) is 10.1. The second-order valence-electron chi connectivity index (χ2n) is 5.46. The first-order valence-electron chi connectivity index (χ1n) is 7.29. The molecule has 21 heavy (non-hydrogen) atoms. The summed E-state index contributed by atoms with van der Waals surface area (Å²) in [6, 6.07) is 3.58. The Morgan fingerprint density at radius 3 is 2.76 bits per heavy atom. The lowest BCUT2D eigenvalue weighted by molar-refractivity contribution is -0.142. The van der Waals surface area contributed by atoms with Crippen LogP contribution in [0.3, 0.4) is 0 Å². The zero-order valence-electron chi connectivity index (χ0n) is 12.9. The van der Waals surface area contributed by atoms with E-state index in [1.54, 1.807) is 13.4 Å². The van der Waals surface area contributed by atoms with Gasteiger partial charge in [0.05, 0.1) is 37.7 Å². The molecule has 6 nitrogen and oxygen atoms in total. The molecular weight excluding hydrogens is 272 g/mol. The van der Waals surface area contributed by atoms with Crippen LogP contribution in [0.1, 0.15) is 25.6 Å². The number of ether oxygens (including phenoxy) is 2. The highest BCUT2D eigenvalue weighted by molar-refractivity contribution is 5.78. The van der Waals surface area contributed by atoms with Crippen molar-refractivity contribution in [2.75, 3.05) is 33.4 Å². The van der Waals surface area contributed by atoms with Gasteiger partial charge >= 0.3 is 0 Å². The van der Waals surface area contributed by atoms with Crippen LogP contribution in [0.2, 0.25) is 0 Å². The van der Waals surface area contributed by atoms with Crippen LogP contribution in [0.25, 0.3) is 0 Å². The highest BCUT2D eigenvalue weighted by atomic mass is 16.5. The first-order valence-corrected chi connectivity index (χ1v) is 7.29. The SMILES string of the molecule is COC[C@H](NCC(=O)N1C[C@H](C)O[C@@H](C)C1)c1ccco1. The minimum atomic E-state index is -0.121. The Labute approximate surface area is 125 Å². The van der Waals surface area contributed by atoms with Gasteiger partial charge in [-0.25, -0.2) is 0 Å². The van der Waals surface area contributed by atoms with Crippen molar-refractivity contribution in [2.24, 2.45) is 0 Å². The van der Waals surface area contributed by atoms with Gasteiger partial charge in [0.2, 0.25) is 5.91 Å². The fourth-order valence-corrected chi connectivity index (χ4v) is 2.60. The molecule has 0 spiro atoms. The van der Waals surface area contributed by atoms with Crippen LogP contribution in [0.15, 0.2) is 22.8 Å². The number of rotatable bonds is 6. The molecule has 0 unspecified atom stereocenters. The summed E-state index contributed by atoms with van der Waals surface area (Å²) in [4.78, 5) is 14.1. The van der Waals surface area contributed by atoms with E-state index in [0.29, 0.717) is 19.7 Å². The maximum Gasteiger partial charge on any atom is 0.236 e. The summed E-state index contributed by atoms with van der Waals surface area (Å²) in [5, 5.41) is 3.20. The van der Waals surface area contributed by atoms with E-state index in [-0.39, 0.29) is 30.7 Å². The number of carbonyl (C=O) groups is 1. The van der Waals surface area contributed by atoms with E-state index >= 15 is 0 Å². The minimum Gasteiger partial charge on any atom is -0.468 e. The fraction of sp³-hybridized carbons (Fsp3) is 0.667. The molecule has 3 atom stereocenters. The number of hydrogen-bond donors (Lipinski definition) is 1. The summed E-state index contributed by atoms with van der Waals surface area (Å²) in [5.41, 5.74) is 0. The quantitative estimate of drug-likeness (QED) is 0.854. The van der Waals surface area contributed by atoms with Gasteiger partial charge in [0.15, 0.2) is 0 Å². The van der Waals surface area contributed by atoms with Crippen LogP contribution in [-0.2, 0) is 14.3 Å². The maximum atomic E-state index is 12.3. The lowest BCUT2D eigenvalue weighted by atomic mass is 10.2. The highest BCUT2D eigenvalue weighted by Crippen LogP contribution is 2.14. The molecule has 1 aromatic heterocycles. The number of furan rings is 1. The van der Waals surface area contributed by atoms with Crippen LogP contribution >= 0.6 is 0 Å². The molecule has 1 aliphatic rings. The molecular formula is C15H24N2O4. The molecule has 1 aliphatic heterocycles. The Kier molecular flexibility index (Phi) is 5.78. The summed E-state index contributed by atoms with van der Waals surface area (Å²) in [5.74, 6) is 0.845. The Morgan fingerprint density at radius 2 is 2.19 bits per heavy atom. The van der Waals surface area contributed by atoms with Gasteiger partial charge in [0.1, 0.15) is 5.76 Å². The van der Waals surface area contributed by atoms with Crippen LogP contribution in [-0.4, -0.2) is 56.4 Å². The molecule has 1 amide bonds. The van der Waals surface area contributed by atoms with Gasteiger partial charge in [-0.05, 0) is 26.0 Å². The highest BCUT2D eigenvalue weighted by Gasteiger charge is 2.26. The Morgan fingerprint density at radius 1 is 1.48 bits per heavy atom. The zero-order chi connectivity index (χ0) is 15.2. The average Bonchev–Trinajstić information content (AvgIpc) is 2.96. The predicted octanol–water partition coefficient (Wildman–Crippen LogP) is 1.19. The van der Waals surface area contributed by atoms with E-state index in [1.165, 1.54) is 0 Å². The molecule has 6 heteroatoms. The molecule has 0 radical (unpaired) electrons. The summed E-state index contributed by atoms with van der Waals surface area (Å²) < 4.78 is 16.2. The van der Waals surface area contributed by atoms with E-state index in [1.807, 2.05) is 30.9 Å². The van der Waals surface area contributed by atoms with E-state index in [4.69, 9.17) is 13.9 Å². The number of nitrogens with one attached hydrogen (secondary N) is 1. The third kappa shape index (κ3) is 4.56. The number of nitrogens with zero attached hydrogens (tertiary/aromatic N) is 1. The van der Waals surface area contributed by atoms with Gasteiger partial charge < -0.3 is 18.8 Å². The van der Waals surface area contributed by atoms with Gasteiger partial charge in [-0.15, -0.1) is 0 Å². The van der Waals surface area contributed by atoms with Crippen molar-refractivity contribution < 1.29 is 18.7 Å². The van der Waals surface area contributed by atoms with Crippen molar-refractivity contribution in [1.82, 2.24) is 10.2 Å². The average molecular weight is 296 g/mol. The second kappa shape index (κ2) is 7.59. The first kappa shape index (κ1) is 16.0. The predicted molar refractivity (Wildman–Crippen MR) is 77.9 cm³/mol. The Hall–Kier alpha value is -1.37. The normalized spacial score (nSPS) is 24.0. The Balaban J connectivity index is 1.87. The van der Waals surface area contributed by atoms with E-state index in [2.05, 4.69) is 5.32 Å². The fourth-order valence-electron chi connectivity index (χ4n) is 2.60. The van der Waals surface area contributed by atoms with Crippen LogP contribution < -0.4 is 5.32 Å². The molecule has 118 valence electrons. The molecule has 1 aromatic rings. The van der Waals surface area contributed by atoms with Crippen LogP contribution in [0, 0.1) is 0 Å². The van der Waals surface area contributed by atoms with Gasteiger partial charge in [-0.3, -0.25) is 10.1 Å². The summed E-state index contributed by atoms with van der Waals surface area (Å²) in [6.45, 7) is 5.96. The van der Waals surface area contributed by atoms with Crippen molar-refractivity contribution in [3.63, 3.8) is 0 Å². The number of methoxy groups -OCH3 is 1. The van der Waals surface area contributed by atoms with Gasteiger partial charge in [-0.2, -0.15) is 0 Å². The van der Waals surface area contributed by atoms with Crippen molar-refractivity contribution in [2.45, 2.75) is 32.1 Å². The van der Waals surface area contributed by atoms with Crippen LogP contribution in [0.5, 0.6) is 0 Å². The summed E-state index contributed by atoms with van der Waals surface area (Å²) in [6.07, 6.45) is 1.78. The van der Waals surface area contributed by atoms with E-state index in [0.717, 1.165) is 5.76 Å². The van der Waals surface area contributed by atoms with Crippen molar-refractivity contribution in [3.05, 3.63) is 24.2 Å². The molecule has 0 aromatic carbocycles. The Bertz CT molecular complexity index is 425. The van der Waals surface area contributed by atoms with Gasteiger partial charge in [0.25, 0.3) is 0 Å². The number of hydrogen-bond acceptors (Lipinski definition) is 5. The molecule has 2 heterocycles. The zero-order valence-corrected chi connectivity index (χ0v) is 12.9. The van der Waals surface area contributed by atoms with Crippen molar-refractivity contribution in [3.8, 4) is 0 Å². The largest absolute Gasteiger partial charge is 0.468 e. The number of morpholine rings is 1. The number of amides is 1. The van der Waals surface area contributed by atoms with Crippen molar-refractivity contribution >= 4 is 5.91 Å². The minimum absolute atomic E-state index is 0.0738. The molecule has 0 aliphatic carbocycles. The van der Waals surface area contributed by atoms with E-state index in [9.17, 15) is 4.79 Å². The smallest absolute Gasteiger partial charge is 0.236 e. The molecule has 1 N–H and O–H groups in total. The number of carbonyl (C=O) groups excluding carboxylic acids is 1. The van der Waals surface area contributed by atoms with Gasteiger partial charge in [0, 0.05) is 20.2 Å².